The molecule has 2 aliphatic rings. The summed E-state index contributed by atoms with van der Waals surface area (Å²) in [6, 6.07) is 18.6. The Labute approximate surface area is 209 Å². The van der Waals surface area contributed by atoms with Crippen molar-refractivity contribution in [1.29, 1.82) is 0 Å². The fourth-order valence-electron chi connectivity index (χ4n) is 5.93. The van der Waals surface area contributed by atoms with E-state index in [1.54, 1.807) is 14.2 Å². The number of carbonyl (C=O) groups excluding carboxylic acids is 2. The molecule has 7 nitrogen and oxygen atoms in total. The topological polar surface area (TPSA) is 65.1 Å². The number of rotatable bonds is 8. The summed E-state index contributed by atoms with van der Waals surface area (Å²) in [4.78, 5) is 32.0. The van der Waals surface area contributed by atoms with Crippen molar-refractivity contribution < 1.29 is 14.3 Å². The first kappa shape index (κ1) is 25.0. The third kappa shape index (κ3) is 4.87. The molecule has 0 aromatic heterocycles. The third-order valence-electron chi connectivity index (χ3n) is 8.11. The molecule has 0 bridgehead atoms. The second kappa shape index (κ2) is 10.3. The van der Waals surface area contributed by atoms with E-state index in [0.29, 0.717) is 26.1 Å². The van der Waals surface area contributed by atoms with Crippen molar-refractivity contribution in [2.24, 2.45) is 0 Å². The molecule has 2 aromatic rings. The number of amides is 3. The molecular weight excluding hydrogens is 440 g/mol. The van der Waals surface area contributed by atoms with Crippen molar-refractivity contribution in [2.75, 3.05) is 41.3 Å². The number of methoxy groups -OCH3 is 1. The van der Waals surface area contributed by atoms with Gasteiger partial charge in [0.2, 0.25) is 5.91 Å². The predicted octanol–water partition coefficient (Wildman–Crippen LogP) is 3.84. The van der Waals surface area contributed by atoms with Gasteiger partial charge in [0, 0.05) is 38.6 Å². The zero-order valence-corrected chi connectivity index (χ0v) is 21.4. The molecule has 0 atom stereocenters. The average Bonchev–Trinajstić information content (AvgIpc) is 3.13. The fraction of sp³-hybridized carbons (Fsp3) is 0.500. The first-order valence-corrected chi connectivity index (χ1v) is 12.5. The van der Waals surface area contributed by atoms with E-state index < -0.39 is 0 Å². The molecule has 35 heavy (non-hydrogen) atoms. The van der Waals surface area contributed by atoms with Crippen molar-refractivity contribution in [3.8, 4) is 5.75 Å². The summed E-state index contributed by atoms with van der Waals surface area (Å²) in [6.45, 7) is 1.68. The smallest absolute Gasteiger partial charge is 0.320 e. The van der Waals surface area contributed by atoms with Crippen LogP contribution in [0.3, 0.4) is 0 Å². The Balaban J connectivity index is 1.58. The van der Waals surface area contributed by atoms with Crippen LogP contribution in [-0.4, -0.2) is 73.5 Å². The van der Waals surface area contributed by atoms with Crippen LogP contribution >= 0.6 is 0 Å². The lowest BCUT2D eigenvalue weighted by Crippen LogP contribution is -2.55. The van der Waals surface area contributed by atoms with Gasteiger partial charge in [-0.2, -0.15) is 0 Å². The molecule has 1 aliphatic heterocycles. The van der Waals surface area contributed by atoms with Gasteiger partial charge in [-0.05, 0) is 63.0 Å². The lowest BCUT2D eigenvalue weighted by Gasteiger charge is -2.51. The van der Waals surface area contributed by atoms with Gasteiger partial charge in [0.15, 0.2) is 0 Å². The molecule has 188 valence electrons. The van der Waals surface area contributed by atoms with Crippen LogP contribution in [0.25, 0.3) is 0 Å². The molecule has 1 saturated carbocycles. The lowest BCUT2D eigenvalue weighted by atomic mass is 9.68. The Morgan fingerprint density at radius 1 is 1.03 bits per heavy atom. The second-order valence-corrected chi connectivity index (χ2v) is 10.1. The highest BCUT2D eigenvalue weighted by molar-refractivity contribution is 5.80. The van der Waals surface area contributed by atoms with Crippen LogP contribution in [0.2, 0.25) is 0 Å². The highest BCUT2D eigenvalue weighted by atomic mass is 16.5. The Kier molecular flexibility index (Phi) is 7.36. The summed E-state index contributed by atoms with van der Waals surface area (Å²) in [7, 11) is 7.61. The Hall–Kier alpha value is -3.06. The molecule has 4 rings (SSSR count). The van der Waals surface area contributed by atoms with E-state index in [1.165, 1.54) is 5.56 Å². The van der Waals surface area contributed by atoms with Gasteiger partial charge in [0.25, 0.3) is 0 Å². The number of hydrogen-bond donors (Lipinski definition) is 1. The highest BCUT2D eigenvalue weighted by Crippen LogP contribution is 2.49. The Morgan fingerprint density at radius 3 is 2.26 bits per heavy atom. The summed E-state index contributed by atoms with van der Waals surface area (Å²) < 4.78 is 5.28. The monoisotopic (exact) mass is 478 g/mol. The zero-order valence-electron chi connectivity index (χ0n) is 21.4. The van der Waals surface area contributed by atoms with Gasteiger partial charge in [-0.3, -0.25) is 9.69 Å². The van der Waals surface area contributed by atoms with Crippen LogP contribution in [0.4, 0.5) is 4.79 Å². The van der Waals surface area contributed by atoms with Crippen LogP contribution < -0.4 is 10.1 Å². The lowest BCUT2D eigenvalue weighted by molar-refractivity contribution is -0.121. The van der Waals surface area contributed by atoms with Crippen LogP contribution in [0, 0.1) is 0 Å². The van der Waals surface area contributed by atoms with Crippen molar-refractivity contribution in [2.45, 2.75) is 49.7 Å². The molecule has 3 amide bonds. The third-order valence-corrected chi connectivity index (χ3v) is 8.11. The number of urea groups is 1. The maximum absolute atomic E-state index is 13.7. The van der Waals surface area contributed by atoms with Gasteiger partial charge in [-0.25, -0.2) is 4.79 Å². The van der Waals surface area contributed by atoms with Gasteiger partial charge >= 0.3 is 6.03 Å². The van der Waals surface area contributed by atoms with Gasteiger partial charge < -0.3 is 19.9 Å². The molecule has 1 aliphatic carbocycles. The number of hydrogen-bond acceptors (Lipinski definition) is 4. The van der Waals surface area contributed by atoms with E-state index in [1.807, 2.05) is 34.1 Å². The van der Waals surface area contributed by atoms with Gasteiger partial charge in [0.05, 0.1) is 12.6 Å². The Bertz CT molecular complexity index is 1010. The number of benzene rings is 2. The molecule has 7 heteroatoms. The van der Waals surface area contributed by atoms with E-state index in [9.17, 15) is 9.59 Å². The number of carbonyl (C=O) groups is 2. The molecule has 2 aromatic carbocycles. The predicted molar refractivity (Wildman–Crippen MR) is 137 cm³/mol. The first-order chi connectivity index (χ1) is 16.8. The molecule has 1 spiro atoms. The minimum atomic E-state index is -0.258. The number of ether oxygens (including phenoxy) is 1. The first-order valence-electron chi connectivity index (χ1n) is 12.5. The second-order valence-electron chi connectivity index (χ2n) is 10.1. The normalized spacial score (nSPS) is 24.3. The number of nitrogens with one attached hydrogen (secondary N) is 1. The van der Waals surface area contributed by atoms with Crippen LogP contribution in [0.5, 0.6) is 5.75 Å². The fourth-order valence-corrected chi connectivity index (χ4v) is 5.93. The standard InChI is InChI=1S/C28H38N4O3/c1-29-25(33)14-19-32-26(34)31(20-22-10-12-24(35-4)13-11-22)21-27(32)15-17-28(18-16-27,30(2)3)23-8-6-5-7-9-23/h5-13H,14-21H2,1-4H3,(H,29,33)/t27-,28+. The van der Waals surface area contributed by atoms with E-state index in [4.69, 9.17) is 4.74 Å². The summed E-state index contributed by atoms with van der Waals surface area (Å²) in [5, 5.41) is 2.70. The van der Waals surface area contributed by atoms with Crippen molar-refractivity contribution in [3.05, 3.63) is 65.7 Å². The molecule has 1 heterocycles. The largest absolute Gasteiger partial charge is 0.497 e. The molecule has 1 saturated heterocycles. The maximum atomic E-state index is 13.7. The Morgan fingerprint density at radius 2 is 1.69 bits per heavy atom. The quantitative estimate of drug-likeness (QED) is 0.626. The van der Waals surface area contributed by atoms with E-state index in [-0.39, 0.29) is 23.0 Å². The highest BCUT2D eigenvalue weighted by Gasteiger charge is 2.54. The van der Waals surface area contributed by atoms with Crippen molar-refractivity contribution in [3.63, 3.8) is 0 Å². The SMILES string of the molecule is CNC(=O)CCN1C(=O)N(Cc2ccc(OC)cc2)C[C@]12CC[C@](c1ccccc1)(N(C)C)CC2. The summed E-state index contributed by atoms with van der Waals surface area (Å²) in [5.74, 6) is 0.766. The average molecular weight is 479 g/mol. The summed E-state index contributed by atoms with van der Waals surface area (Å²) >= 11 is 0. The molecular formula is C28H38N4O3. The van der Waals surface area contributed by atoms with Crippen LogP contribution in [0.1, 0.15) is 43.2 Å². The summed E-state index contributed by atoms with van der Waals surface area (Å²) in [5.41, 5.74) is 2.10. The molecule has 2 fully saturated rings. The molecule has 0 radical (unpaired) electrons. The molecule has 1 N–H and O–H groups in total. The minimum Gasteiger partial charge on any atom is -0.497 e. The van der Waals surface area contributed by atoms with Crippen LogP contribution in [0.15, 0.2) is 54.6 Å². The van der Waals surface area contributed by atoms with E-state index >= 15 is 0 Å². The van der Waals surface area contributed by atoms with Crippen LogP contribution in [-0.2, 0) is 16.9 Å². The minimum absolute atomic E-state index is 0.0294. The molecule has 0 unspecified atom stereocenters. The number of nitrogens with zero attached hydrogens (tertiary/aromatic N) is 3. The zero-order chi connectivity index (χ0) is 25.1. The van der Waals surface area contributed by atoms with Crippen molar-refractivity contribution in [1.82, 2.24) is 20.0 Å². The van der Waals surface area contributed by atoms with E-state index in [0.717, 1.165) is 37.0 Å². The van der Waals surface area contributed by atoms with Gasteiger partial charge in [-0.15, -0.1) is 0 Å². The van der Waals surface area contributed by atoms with E-state index in [2.05, 4.69) is 54.6 Å². The summed E-state index contributed by atoms with van der Waals surface area (Å²) in [6.07, 6.45) is 4.05. The van der Waals surface area contributed by atoms with Gasteiger partial charge in [0.1, 0.15) is 5.75 Å². The van der Waals surface area contributed by atoms with Crippen molar-refractivity contribution >= 4 is 11.9 Å². The maximum Gasteiger partial charge on any atom is 0.320 e. The van der Waals surface area contributed by atoms with Gasteiger partial charge in [-0.1, -0.05) is 42.5 Å².